The maximum Gasteiger partial charge on any atom is 0.408 e. The third-order valence-electron chi connectivity index (χ3n) is 5.83. The molecular weight excluding hydrogens is 354 g/mol. The molecule has 4 aliphatic rings. The highest BCUT2D eigenvalue weighted by molar-refractivity contribution is 5.88. The zero-order valence-electron chi connectivity index (χ0n) is 17.9. The first-order chi connectivity index (χ1) is 13.1. The van der Waals surface area contributed by atoms with E-state index in [0.29, 0.717) is 5.96 Å². The van der Waals surface area contributed by atoms with Crippen molar-refractivity contribution in [3.63, 3.8) is 0 Å². The second kappa shape index (κ2) is 7.76. The van der Waals surface area contributed by atoms with E-state index in [4.69, 9.17) is 9.73 Å². The molecule has 7 heteroatoms. The summed E-state index contributed by atoms with van der Waals surface area (Å²) in [4.78, 5) is 21.5. The largest absolute Gasteiger partial charge is 0.444 e. The van der Waals surface area contributed by atoms with Crippen molar-refractivity contribution in [3.05, 3.63) is 11.8 Å². The monoisotopic (exact) mass is 389 g/mol. The number of guanidine groups is 1. The minimum absolute atomic E-state index is 0.00742. The van der Waals surface area contributed by atoms with Gasteiger partial charge in [0.2, 0.25) is 5.96 Å². The predicted octanol–water partition coefficient (Wildman–Crippen LogP) is 3.62. The number of aliphatic imine (C=N–C) groups is 2. The number of alkyl carbamates (subject to hydrolysis) is 1. The lowest BCUT2D eigenvalue weighted by Gasteiger charge is -2.53. The SMILES string of the molecule is CCC=NC(=NC1C=C(C)N1)NC12CCC(NC(=O)OC(C)(C)C)(CC1)CC2. The molecule has 0 aromatic carbocycles. The smallest absolute Gasteiger partial charge is 0.408 e. The van der Waals surface area contributed by atoms with Crippen molar-refractivity contribution in [2.45, 2.75) is 102 Å². The van der Waals surface area contributed by atoms with Gasteiger partial charge in [0, 0.05) is 23.0 Å². The number of nitrogens with one attached hydrogen (secondary N) is 3. The summed E-state index contributed by atoms with van der Waals surface area (Å²) in [5.41, 5.74) is 0.564. The van der Waals surface area contributed by atoms with Gasteiger partial charge in [-0.2, -0.15) is 0 Å². The number of carbonyl (C=O) groups excluding carboxylic acids is 1. The van der Waals surface area contributed by atoms with Gasteiger partial charge in [0.05, 0.1) is 0 Å². The van der Waals surface area contributed by atoms with E-state index >= 15 is 0 Å². The Morgan fingerprint density at radius 2 is 1.75 bits per heavy atom. The molecule has 3 aliphatic carbocycles. The van der Waals surface area contributed by atoms with Gasteiger partial charge in [-0.25, -0.2) is 14.8 Å². The van der Waals surface area contributed by atoms with Crippen molar-refractivity contribution < 1.29 is 9.53 Å². The van der Waals surface area contributed by atoms with Gasteiger partial charge >= 0.3 is 6.09 Å². The van der Waals surface area contributed by atoms with E-state index in [2.05, 4.69) is 33.9 Å². The Bertz CT molecular complexity index is 665. The number of hydrogen-bond donors (Lipinski definition) is 3. The van der Waals surface area contributed by atoms with Gasteiger partial charge in [0.25, 0.3) is 0 Å². The number of nitrogens with zero attached hydrogens (tertiary/aromatic N) is 2. The van der Waals surface area contributed by atoms with Crippen molar-refractivity contribution in [1.82, 2.24) is 16.0 Å². The van der Waals surface area contributed by atoms with Crippen LogP contribution in [0, 0.1) is 0 Å². The van der Waals surface area contributed by atoms with Crippen LogP contribution in [-0.4, -0.2) is 41.1 Å². The van der Waals surface area contributed by atoms with E-state index in [1.807, 2.05) is 33.9 Å². The van der Waals surface area contributed by atoms with Crippen molar-refractivity contribution >= 4 is 18.3 Å². The van der Waals surface area contributed by atoms with Crippen LogP contribution in [0.3, 0.4) is 0 Å². The fraction of sp³-hybridized carbons (Fsp3) is 0.762. The molecule has 1 amide bonds. The Morgan fingerprint density at radius 3 is 2.21 bits per heavy atom. The second-order valence-corrected chi connectivity index (χ2v) is 9.42. The molecule has 0 saturated heterocycles. The van der Waals surface area contributed by atoms with Crippen molar-refractivity contribution in [2.24, 2.45) is 9.98 Å². The highest BCUT2D eigenvalue weighted by Gasteiger charge is 2.50. The number of amides is 1. The molecule has 7 nitrogen and oxygen atoms in total. The van der Waals surface area contributed by atoms with Crippen molar-refractivity contribution in [2.75, 3.05) is 0 Å². The molecule has 2 bridgehead atoms. The Balaban J connectivity index is 1.62. The first-order valence-corrected chi connectivity index (χ1v) is 10.5. The molecule has 4 rings (SSSR count). The van der Waals surface area contributed by atoms with E-state index in [0.717, 1.165) is 50.6 Å². The van der Waals surface area contributed by atoms with E-state index in [1.54, 1.807) is 0 Å². The minimum Gasteiger partial charge on any atom is -0.444 e. The molecule has 1 atom stereocenters. The normalized spacial score (nSPS) is 32.4. The Kier molecular flexibility index (Phi) is 5.73. The summed E-state index contributed by atoms with van der Waals surface area (Å²) in [7, 11) is 0. The molecule has 1 unspecified atom stereocenters. The number of fused-ring (bicyclic) bond motifs is 3. The van der Waals surface area contributed by atoms with Crippen LogP contribution in [0.4, 0.5) is 4.79 Å². The molecule has 3 saturated carbocycles. The maximum atomic E-state index is 12.3. The lowest BCUT2D eigenvalue weighted by atomic mass is 9.61. The lowest BCUT2D eigenvalue weighted by Crippen LogP contribution is -2.64. The molecule has 3 N–H and O–H groups in total. The highest BCUT2D eigenvalue weighted by Crippen LogP contribution is 2.47. The summed E-state index contributed by atoms with van der Waals surface area (Å²) in [6, 6.07) is 0. The highest BCUT2D eigenvalue weighted by atomic mass is 16.6. The molecular formula is C21H35N5O2. The first-order valence-electron chi connectivity index (χ1n) is 10.5. The van der Waals surface area contributed by atoms with Crippen LogP contribution in [-0.2, 0) is 4.74 Å². The predicted molar refractivity (Wildman–Crippen MR) is 113 cm³/mol. The van der Waals surface area contributed by atoms with Gasteiger partial charge in [-0.1, -0.05) is 6.92 Å². The number of allylic oxidation sites excluding steroid dienone is 1. The quantitative estimate of drug-likeness (QED) is 0.506. The molecule has 0 aromatic rings. The average Bonchev–Trinajstić information content (AvgIpc) is 2.58. The summed E-state index contributed by atoms with van der Waals surface area (Å²) in [5, 5.41) is 10.1. The van der Waals surface area contributed by atoms with Gasteiger partial charge in [-0.05, 0) is 78.7 Å². The van der Waals surface area contributed by atoms with Crippen molar-refractivity contribution in [1.29, 1.82) is 0 Å². The third-order valence-corrected chi connectivity index (χ3v) is 5.83. The van der Waals surface area contributed by atoms with Gasteiger partial charge < -0.3 is 20.7 Å². The molecule has 0 spiro atoms. The van der Waals surface area contributed by atoms with Gasteiger partial charge in [0.15, 0.2) is 0 Å². The second-order valence-electron chi connectivity index (χ2n) is 9.42. The Morgan fingerprint density at radius 1 is 1.21 bits per heavy atom. The lowest BCUT2D eigenvalue weighted by molar-refractivity contribution is 0.0241. The maximum absolute atomic E-state index is 12.3. The van der Waals surface area contributed by atoms with Crippen LogP contribution in [0.2, 0.25) is 0 Å². The van der Waals surface area contributed by atoms with E-state index < -0.39 is 5.60 Å². The van der Waals surface area contributed by atoms with Crippen LogP contribution >= 0.6 is 0 Å². The molecule has 0 radical (unpaired) electrons. The standard InChI is InChI=1S/C21H35N5O2/c1-6-13-22-17(24-16-14-15(2)23-16)25-20-7-10-21(11-8-20,12-9-20)26-18(27)28-19(3,4)5/h13-14,16,23H,6-12H2,1-5H3,(H,24,25)(H,26,27). The van der Waals surface area contributed by atoms with Crippen LogP contribution in [0.5, 0.6) is 0 Å². The van der Waals surface area contributed by atoms with Crippen molar-refractivity contribution in [3.8, 4) is 0 Å². The summed E-state index contributed by atoms with van der Waals surface area (Å²) < 4.78 is 5.47. The summed E-state index contributed by atoms with van der Waals surface area (Å²) in [6.07, 6.45) is 10.4. The van der Waals surface area contributed by atoms with E-state index in [1.165, 1.54) is 0 Å². The molecule has 3 fully saturated rings. The molecule has 1 aliphatic heterocycles. The average molecular weight is 390 g/mol. The Hall–Kier alpha value is -2.05. The summed E-state index contributed by atoms with van der Waals surface area (Å²) >= 11 is 0. The van der Waals surface area contributed by atoms with E-state index in [-0.39, 0.29) is 23.3 Å². The fourth-order valence-corrected chi connectivity index (χ4v) is 4.26. The summed E-state index contributed by atoms with van der Waals surface area (Å²) in [6.45, 7) is 9.79. The number of carbonyl (C=O) groups is 1. The first kappa shape index (κ1) is 20.7. The number of hydrogen-bond acceptors (Lipinski definition) is 4. The third kappa shape index (κ3) is 5.06. The zero-order chi connectivity index (χ0) is 20.4. The molecule has 156 valence electrons. The van der Waals surface area contributed by atoms with Crippen LogP contribution < -0.4 is 16.0 Å². The summed E-state index contributed by atoms with van der Waals surface area (Å²) in [5.74, 6) is 0.706. The van der Waals surface area contributed by atoms with Crippen LogP contribution in [0.15, 0.2) is 21.8 Å². The zero-order valence-corrected chi connectivity index (χ0v) is 17.9. The van der Waals surface area contributed by atoms with E-state index in [9.17, 15) is 4.79 Å². The molecule has 1 heterocycles. The molecule has 28 heavy (non-hydrogen) atoms. The minimum atomic E-state index is -0.472. The number of ether oxygens (including phenoxy) is 1. The van der Waals surface area contributed by atoms with Gasteiger partial charge in [-0.15, -0.1) is 0 Å². The van der Waals surface area contributed by atoms with Gasteiger partial charge in [-0.3, -0.25) is 0 Å². The fourth-order valence-electron chi connectivity index (χ4n) is 4.26. The van der Waals surface area contributed by atoms with Gasteiger partial charge in [0.1, 0.15) is 11.8 Å². The van der Waals surface area contributed by atoms with Crippen LogP contribution in [0.25, 0.3) is 0 Å². The Labute approximate surface area is 168 Å². The topological polar surface area (TPSA) is 87.1 Å². The molecule has 0 aromatic heterocycles. The van der Waals surface area contributed by atoms with Crippen LogP contribution in [0.1, 0.15) is 79.6 Å². The number of rotatable bonds is 4.